The molecule has 6 rings (SSSR count). The summed E-state index contributed by atoms with van der Waals surface area (Å²) < 4.78 is 5.91. The Hall–Kier alpha value is -4.34. The second-order valence-corrected chi connectivity index (χ2v) is 9.57. The summed E-state index contributed by atoms with van der Waals surface area (Å²) in [5, 5.41) is 4.29. The normalized spacial score (nSPS) is 14.6. The quantitative estimate of drug-likeness (QED) is 0.318. The lowest BCUT2D eigenvalue weighted by Gasteiger charge is -2.31. The molecular formula is C29H30N8O. The van der Waals surface area contributed by atoms with Crippen molar-refractivity contribution in [1.29, 1.82) is 0 Å². The van der Waals surface area contributed by atoms with Gasteiger partial charge < -0.3 is 19.9 Å². The van der Waals surface area contributed by atoms with Crippen LogP contribution in [0.4, 0.5) is 11.5 Å². The first-order chi connectivity index (χ1) is 18.7. The molecule has 0 spiro atoms. The zero-order chi connectivity index (χ0) is 25.7. The lowest BCUT2D eigenvalue weighted by molar-refractivity contribution is 0.147. The number of fused-ring (bicyclic) bond motifs is 1. The van der Waals surface area contributed by atoms with Gasteiger partial charge in [0.25, 0.3) is 0 Å². The highest BCUT2D eigenvalue weighted by molar-refractivity contribution is 5.92. The number of benzene rings is 2. The Morgan fingerprint density at radius 1 is 0.895 bits per heavy atom. The maximum Gasteiger partial charge on any atom is 0.156 e. The van der Waals surface area contributed by atoms with Crippen molar-refractivity contribution in [2.45, 2.75) is 13.2 Å². The topological polar surface area (TPSA) is 95.1 Å². The number of hydrogen-bond donors (Lipinski definition) is 2. The summed E-state index contributed by atoms with van der Waals surface area (Å²) in [6.45, 7) is 5.69. The number of pyridine rings is 1. The van der Waals surface area contributed by atoms with Crippen molar-refractivity contribution in [1.82, 2.24) is 34.7 Å². The molecule has 2 N–H and O–H groups in total. The van der Waals surface area contributed by atoms with Crippen LogP contribution in [0.15, 0.2) is 79.4 Å². The molecule has 0 atom stereocenters. The molecule has 1 saturated heterocycles. The molecule has 0 saturated carbocycles. The van der Waals surface area contributed by atoms with E-state index < -0.39 is 0 Å². The van der Waals surface area contributed by atoms with Crippen molar-refractivity contribution in [2.75, 3.05) is 38.5 Å². The summed E-state index contributed by atoms with van der Waals surface area (Å²) in [7, 11) is 2.17. The lowest BCUT2D eigenvalue weighted by atomic mass is 10.2. The number of hydrogen-bond acceptors (Lipinski definition) is 8. The smallest absolute Gasteiger partial charge is 0.156 e. The van der Waals surface area contributed by atoms with E-state index in [4.69, 9.17) is 4.74 Å². The maximum absolute atomic E-state index is 5.91. The van der Waals surface area contributed by atoms with Crippen molar-refractivity contribution in [3.63, 3.8) is 0 Å². The van der Waals surface area contributed by atoms with Gasteiger partial charge in [0.05, 0.1) is 17.9 Å². The van der Waals surface area contributed by atoms with Crippen LogP contribution in [0.3, 0.4) is 0 Å². The first kappa shape index (κ1) is 24.0. The van der Waals surface area contributed by atoms with Crippen molar-refractivity contribution < 1.29 is 4.74 Å². The summed E-state index contributed by atoms with van der Waals surface area (Å²) >= 11 is 0. The minimum absolute atomic E-state index is 0.532. The van der Waals surface area contributed by atoms with Gasteiger partial charge in [0.2, 0.25) is 0 Å². The molecule has 0 bridgehead atoms. The fourth-order valence-corrected chi connectivity index (χ4v) is 4.52. The molecule has 38 heavy (non-hydrogen) atoms. The van der Waals surface area contributed by atoms with Crippen LogP contribution in [0.1, 0.15) is 11.3 Å². The van der Waals surface area contributed by atoms with Gasteiger partial charge in [0.15, 0.2) is 5.82 Å². The van der Waals surface area contributed by atoms with E-state index in [1.165, 1.54) is 0 Å². The Balaban J connectivity index is 1.16. The molecule has 9 heteroatoms. The van der Waals surface area contributed by atoms with Gasteiger partial charge in [0.1, 0.15) is 30.2 Å². The fraction of sp³-hybridized carbons (Fsp3) is 0.241. The van der Waals surface area contributed by atoms with E-state index in [1.807, 2.05) is 54.7 Å². The molecular weight excluding hydrogens is 476 g/mol. The number of piperazine rings is 1. The summed E-state index contributed by atoms with van der Waals surface area (Å²) in [5.41, 5.74) is 4.64. The first-order valence-electron chi connectivity index (χ1n) is 12.8. The van der Waals surface area contributed by atoms with Gasteiger partial charge in [0, 0.05) is 49.5 Å². The number of H-pyrrole nitrogens is 1. The highest BCUT2D eigenvalue weighted by Crippen LogP contribution is 2.27. The number of imidazole rings is 1. The van der Waals surface area contributed by atoms with Crippen molar-refractivity contribution in [3.05, 3.63) is 90.6 Å². The van der Waals surface area contributed by atoms with Gasteiger partial charge in [-0.2, -0.15) is 0 Å². The second kappa shape index (κ2) is 11.0. The van der Waals surface area contributed by atoms with Crippen LogP contribution in [0.25, 0.3) is 22.4 Å². The fourth-order valence-electron chi connectivity index (χ4n) is 4.52. The van der Waals surface area contributed by atoms with Gasteiger partial charge in [-0.15, -0.1) is 0 Å². The molecule has 1 aliphatic rings. The van der Waals surface area contributed by atoms with Crippen LogP contribution in [0.5, 0.6) is 5.75 Å². The van der Waals surface area contributed by atoms with Gasteiger partial charge in [-0.25, -0.2) is 15.0 Å². The van der Waals surface area contributed by atoms with Crippen molar-refractivity contribution in [2.24, 2.45) is 0 Å². The van der Waals surface area contributed by atoms with E-state index in [0.29, 0.717) is 12.4 Å². The lowest BCUT2D eigenvalue weighted by Crippen LogP contribution is -2.43. The molecule has 2 aromatic carbocycles. The summed E-state index contributed by atoms with van der Waals surface area (Å²) in [4.78, 5) is 26.4. The molecule has 9 nitrogen and oxygen atoms in total. The average molecular weight is 507 g/mol. The molecule has 1 aliphatic heterocycles. The average Bonchev–Trinajstić information content (AvgIpc) is 3.43. The van der Waals surface area contributed by atoms with Crippen molar-refractivity contribution in [3.8, 4) is 17.3 Å². The van der Waals surface area contributed by atoms with Crippen LogP contribution in [-0.2, 0) is 13.2 Å². The van der Waals surface area contributed by atoms with E-state index in [2.05, 4.69) is 59.2 Å². The number of anilines is 2. The monoisotopic (exact) mass is 506 g/mol. The first-order valence-corrected chi connectivity index (χ1v) is 12.8. The van der Waals surface area contributed by atoms with Crippen LogP contribution in [0, 0.1) is 0 Å². The minimum atomic E-state index is 0.532. The molecule has 4 heterocycles. The molecule has 0 unspecified atom stereocenters. The zero-order valence-electron chi connectivity index (χ0n) is 21.3. The largest absolute Gasteiger partial charge is 0.489 e. The number of ether oxygens (including phenoxy) is 1. The number of rotatable bonds is 8. The number of nitrogens with one attached hydrogen (secondary N) is 2. The molecule has 1 fully saturated rings. The van der Waals surface area contributed by atoms with Gasteiger partial charge >= 0.3 is 0 Å². The molecule has 0 aliphatic carbocycles. The number of nitrogens with zero attached hydrogens (tertiary/aromatic N) is 6. The van der Waals surface area contributed by atoms with Crippen LogP contribution < -0.4 is 10.1 Å². The molecule has 0 radical (unpaired) electrons. The number of aromatic amines is 1. The SMILES string of the molecule is CN1CCN(Cc2cnc(-c3cc4c(Nc5ccc(OCc6ccccc6)cc5)ncnc4cn3)[nH]2)CC1. The Kier molecular flexibility index (Phi) is 6.93. The zero-order valence-corrected chi connectivity index (χ0v) is 21.3. The molecule has 3 aromatic heterocycles. The van der Waals surface area contributed by atoms with Gasteiger partial charge in [-0.05, 0) is 42.9 Å². The Morgan fingerprint density at radius 2 is 1.71 bits per heavy atom. The van der Waals surface area contributed by atoms with Gasteiger partial charge in [-0.1, -0.05) is 30.3 Å². The predicted molar refractivity (Wildman–Crippen MR) is 148 cm³/mol. The predicted octanol–water partition coefficient (Wildman–Crippen LogP) is 4.48. The Labute approximate surface area is 221 Å². The van der Waals surface area contributed by atoms with Crippen LogP contribution in [0.2, 0.25) is 0 Å². The molecule has 5 aromatic rings. The van der Waals surface area contributed by atoms with Crippen molar-refractivity contribution >= 4 is 22.4 Å². The van der Waals surface area contributed by atoms with E-state index in [9.17, 15) is 0 Å². The third-order valence-electron chi connectivity index (χ3n) is 6.75. The number of likely N-dealkylation sites (N-methyl/N-ethyl adjacent to an activating group) is 1. The van der Waals surface area contributed by atoms with Crippen LogP contribution >= 0.6 is 0 Å². The molecule has 0 amide bonds. The summed E-state index contributed by atoms with van der Waals surface area (Å²) in [6.07, 6.45) is 5.22. The van der Waals surface area contributed by atoms with Crippen LogP contribution in [-0.4, -0.2) is 67.9 Å². The number of aromatic nitrogens is 5. The minimum Gasteiger partial charge on any atom is -0.489 e. The maximum atomic E-state index is 5.91. The standard InChI is InChI=1S/C29H30N8O/c1-36-11-13-37(14-12-36)18-23-16-31-29(35-23)26-15-25-27(17-30-26)32-20-33-28(25)34-22-7-9-24(10-8-22)38-19-21-5-3-2-4-6-21/h2-10,15-17,20H,11-14,18-19H2,1H3,(H,31,35)(H,32,33,34). The van der Waals surface area contributed by atoms with E-state index in [-0.39, 0.29) is 0 Å². The summed E-state index contributed by atoms with van der Waals surface area (Å²) in [5.74, 6) is 2.26. The second-order valence-electron chi connectivity index (χ2n) is 9.57. The highest BCUT2D eigenvalue weighted by atomic mass is 16.5. The van der Waals surface area contributed by atoms with E-state index in [0.717, 1.165) is 77.8 Å². The highest BCUT2D eigenvalue weighted by Gasteiger charge is 2.16. The summed E-state index contributed by atoms with van der Waals surface area (Å²) in [6, 6.07) is 20.0. The molecule has 192 valence electrons. The third-order valence-corrected chi connectivity index (χ3v) is 6.75. The Bertz CT molecular complexity index is 1490. The Morgan fingerprint density at radius 3 is 2.53 bits per heavy atom. The van der Waals surface area contributed by atoms with E-state index in [1.54, 1.807) is 12.5 Å². The van der Waals surface area contributed by atoms with Gasteiger partial charge in [-0.3, -0.25) is 9.88 Å². The third kappa shape index (κ3) is 5.64. The van der Waals surface area contributed by atoms with E-state index >= 15 is 0 Å².